The summed E-state index contributed by atoms with van der Waals surface area (Å²) in [5, 5.41) is 11.3. The van der Waals surface area contributed by atoms with Crippen LogP contribution in [0.25, 0.3) is 0 Å². The lowest BCUT2D eigenvalue weighted by Crippen LogP contribution is -2.24. The highest BCUT2D eigenvalue weighted by Gasteiger charge is 2.20. The minimum absolute atomic E-state index is 0.0604. The van der Waals surface area contributed by atoms with Gasteiger partial charge in [0.1, 0.15) is 17.4 Å². The number of nitrogens with zero attached hydrogens (tertiary/aromatic N) is 2. The third-order valence-electron chi connectivity index (χ3n) is 3.50. The molecule has 25 heavy (non-hydrogen) atoms. The molecule has 2 aromatic carbocycles. The van der Waals surface area contributed by atoms with Gasteiger partial charge in [0.15, 0.2) is 0 Å². The molecule has 0 fully saturated rings. The Morgan fingerprint density at radius 2 is 1.80 bits per heavy atom. The van der Waals surface area contributed by atoms with Crippen LogP contribution in [-0.2, 0) is 6.61 Å². The van der Waals surface area contributed by atoms with Crippen molar-refractivity contribution in [2.75, 3.05) is 18.0 Å². The monoisotopic (exact) mass is 358 g/mol. The zero-order chi connectivity index (χ0) is 18.2. The molecule has 0 spiro atoms. The van der Waals surface area contributed by atoms with Crippen molar-refractivity contribution in [1.82, 2.24) is 0 Å². The second-order valence-electron chi connectivity index (χ2n) is 5.29. The van der Waals surface area contributed by atoms with Crippen molar-refractivity contribution in [2.45, 2.75) is 6.61 Å². The molecule has 2 aromatic rings. The van der Waals surface area contributed by atoms with Crippen LogP contribution in [0.15, 0.2) is 67.8 Å². The Hall–Kier alpha value is -2.79. The highest BCUT2D eigenvalue weighted by Crippen LogP contribution is 2.38. The molecule has 0 saturated heterocycles. The van der Waals surface area contributed by atoms with E-state index in [1.165, 1.54) is 6.07 Å². The maximum Gasteiger partial charge on any atom is 0.291 e. The predicted molar refractivity (Wildman–Crippen MR) is 101 cm³/mol. The van der Waals surface area contributed by atoms with Gasteiger partial charge in [-0.15, -0.1) is 13.2 Å². The second kappa shape index (κ2) is 8.89. The molecule has 0 saturated carbocycles. The first kappa shape index (κ1) is 18.5. The predicted octanol–water partition coefficient (Wildman–Crippen LogP) is 5.01. The van der Waals surface area contributed by atoms with E-state index in [0.29, 0.717) is 31.1 Å². The molecule has 0 radical (unpaired) electrons. The first-order valence-corrected chi connectivity index (χ1v) is 8.06. The van der Waals surface area contributed by atoms with Gasteiger partial charge in [0.25, 0.3) is 5.69 Å². The third kappa shape index (κ3) is 4.84. The van der Waals surface area contributed by atoms with Crippen LogP contribution in [0.1, 0.15) is 5.56 Å². The van der Waals surface area contributed by atoms with Crippen molar-refractivity contribution in [3.8, 4) is 5.75 Å². The van der Waals surface area contributed by atoms with Gasteiger partial charge in [0.05, 0.1) is 16.7 Å². The Balaban J connectivity index is 2.41. The zero-order valence-electron chi connectivity index (χ0n) is 13.7. The first-order chi connectivity index (χ1) is 12.1. The van der Waals surface area contributed by atoms with Crippen LogP contribution in [0.4, 0.5) is 11.4 Å². The molecule has 0 aromatic heterocycles. The summed E-state index contributed by atoms with van der Waals surface area (Å²) in [5.74, 6) is 0.392. The summed E-state index contributed by atoms with van der Waals surface area (Å²) in [5.41, 5.74) is 1.43. The number of nitro benzene ring substituents is 1. The lowest BCUT2D eigenvalue weighted by Gasteiger charge is -2.24. The summed E-state index contributed by atoms with van der Waals surface area (Å²) in [4.78, 5) is 12.6. The zero-order valence-corrected chi connectivity index (χ0v) is 14.5. The number of halogens is 1. The van der Waals surface area contributed by atoms with Crippen LogP contribution in [-0.4, -0.2) is 18.0 Å². The van der Waals surface area contributed by atoms with E-state index in [1.807, 2.05) is 35.2 Å². The van der Waals surface area contributed by atoms with Gasteiger partial charge in [-0.1, -0.05) is 54.1 Å². The van der Waals surface area contributed by atoms with E-state index in [-0.39, 0.29) is 10.7 Å². The Morgan fingerprint density at radius 3 is 2.36 bits per heavy atom. The lowest BCUT2D eigenvalue weighted by molar-refractivity contribution is -0.384. The van der Waals surface area contributed by atoms with E-state index in [1.54, 1.807) is 18.2 Å². The largest absolute Gasteiger partial charge is 0.486 e. The summed E-state index contributed by atoms with van der Waals surface area (Å²) in [6.45, 7) is 8.84. The number of hydrogen-bond acceptors (Lipinski definition) is 4. The summed E-state index contributed by atoms with van der Waals surface area (Å²) >= 11 is 6.08. The van der Waals surface area contributed by atoms with E-state index >= 15 is 0 Å². The normalized spacial score (nSPS) is 10.1. The molecule has 130 valence electrons. The molecule has 0 amide bonds. The van der Waals surface area contributed by atoms with Gasteiger partial charge in [0.2, 0.25) is 0 Å². The SMILES string of the molecule is C=CCN(CC=C)c1cc(Cl)c([N+](=O)[O-])cc1OCc1ccccc1. The van der Waals surface area contributed by atoms with Gasteiger partial charge in [-0.2, -0.15) is 0 Å². The van der Waals surface area contributed by atoms with Crippen molar-refractivity contribution in [3.05, 3.63) is 88.5 Å². The molecule has 5 nitrogen and oxygen atoms in total. The summed E-state index contributed by atoms with van der Waals surface area (Å²) in [7, 11) is 0. The Bertz CT molecular complexity index is 753. The molecular weight excluding hydrogens is 340 g/mol. The van der Waals surface area contributed by atoms with E-state index in [0.717, 1.165) is 5.56 Å². The Labute approximate surface area is 151 Å². The number of hydrogen-bond donors (Lipinski definition) is 0. The number of ether oxygens (including phenoxy) is 1. The maximum absolute atomic E-state index is 11.2. The smallest absolute Gasteiger partial charge is 0.291 e. The molecular formula is C19H19ClN2O3. The molecule has 2 rings (SSSR count). The molecule has 0 N–H and O–H groups in total. The van der Waals surface area contributed by atoms with Crippen molar-refractivity contribution in [3.63, 3.8) is 0 Å². The van der Waals surface area contributed by atoms with Gasteiger partial charge in [-0.3, -0.25) is 10.1 Å². The fourth-order valence-electron chi connectivity index (χ4n) is 2.35. The van der Waals surface area contributed by atoms with Crippen molar-refractivity contribution >= 4 is 23.0 Å². The average molecular weight is 359 g/mol. The van der Waals surface area contributed by atoms with Gasteiger partial charge in [-0.05, 0) is 11.6 Å². The topological polar surface area (TPSA) is 55.6 Å². The number of rotatable bonds is 9. The standard InChI is InChI=1S/C19H19ClN2O3/c1-3-10-21(11-4-2)18-12-16(20)17(22(23)24)13-19(18)25-14-15-8-6-5-7-9-15/h3-9,12-13H,1-2,10-11,14H2. The molecule has 6 heteroatoms. The summed E-state index contributed by atoms with van der Waals surface area (Å²) < 4.78 is 5.87. The average Bonchev–Trinajstić information content (AvgIpc) is 2.61. The van der Waals surface area contributed by atoms with E-state index in [4.69, 9.17) is 16.3 Å². The molecule has 0 aliphatic heterocycles. The van der Waals surface area contributed by atoms with E-state index in [9.17, 15) is 10.1 Å². The van der Waals surface area contributed by atoms with Crippen molar-refractivity contribution < 1.29 is 9.66 Å². The van der Waals surface area contributed by atoms with Gasteiger partial charge in [0, 0.05) is 13.1 Å². The summed E-state index contributed by atoms with van der Waals surface area (Å²) in [6.07, 6.45) is 3.47. The molecule has 0 unspecified atom stereocenters. The van der Waals surface area contributed by atoms with Crippen LogP contribution < -0.4 is 9.64 Å². The first-order valence-electron chi connectivity index (χ1n) is 7.68. The van der Waals surface area contributed by atoms with Gasteiger partial charge >= 0.3 is 0 Å². The van der Waals surface area contributed by atoms with Crippen LogP contribution >= 0.6 is 11.6 Å². The van der Waals surface area contributed by atoms with Crippen LogP contribution in [0.5, 0.6) is 5.75 Å². The minimum Gasteiger partial charge on any atom is -0.486 e. The van der Waals surface area contributed by atoms with Crippen molar-refractivity contribution in [1.29, 1.82) is 0 Å². The van der Waals surface area contributed by atoms with Crippen LogP contribution in [0.2, 0.25) is 5.02 Å². The van der Waals surface area contributed by atoms with Crippen molar-refractivity contribution in [2.24, 2.45) is 0 Å². The van der Waals surface area contributed by atoms with Crippen LogP contribution in [0.3, 0.4) is 0 Å². The second-order valence-corrected chi connectivity index (χ2v) is 5.69. The number of benzene rings is 2. The summed E-state index contributed by atoms with van der Waals surface area (Å²) in [6, 6.07) is 12.5. The highest BCUT2D eigenvalue weighted by molar-refractivity contribution is 6.33. The van der Waals surface area contributed by atoms with Gasteiger partial charge in [-0.25, -0.2) is 0 Å². The third-order valence-corrected chi connectivity index (χ3v) is 3.80. The number of nitro groups is 1. The molecule has 0 atom stereocenters. The fourth-order valence-corrected chi connectivity index (χ4v) is 2.58. The van der Waals surface area contributed by atoms with Crippen LogP contribution in [0, 0.1) is 10.1 Å². The minimum atomic E-state index is -0.521. The Morgan fingerprint density at radius 1 is 1.16 bits per heavy atom. The quantitative estimate of drug-likeness (QED) is 0.359. The molecule has 0 aliphatic rings. The van der Waals surface area contributed by atoms with Gasteiger partial charge < -0.3 is 9.64 Å². The maximum atomic E-state index is 11.2. The fraction of sp³-hybridized carbons (Fsp3) is 0.158. The molecule has 0 aliphatic carbocycles. The highest BCUT2D eigenvalue weighted by atomic mass is 35.5. The lowest BCUT2D eigenvalue weighted by atomic mass is 10.2. The van der Waals surface area contributed by atoms with E-state index < -0.39 is 4.92 Å². The van der Waals surface area contributed by atoms with E-state index in [2.05, 4.69) is 13.2 Å². The number of anilines is 1. The molecule has 0 heterocycles. The Kier molecular flexibility index (Phi) is 6.60. The molecule has 0 bridgehead atoms.